The van der Waals surface area contributed by atoms with E-state index in [9.17, 15) is 0 Å². The van der Waals surface area contributed by atoms with Gasteiger partial charge < -0.3 is 5.73 Å². The Morgan fingerprint density at radius 2 is 1.94 bits per heavy atom. The first-order valence-electron chi connectivity index (χ1n) is 6.47. The maximum atomic E-state index is 5.95. The van der Waals surface area contributed by atoms with Crippen molar-refractivity contribution in [2.75, 3.05) is 6.54 Å². The van der Waals surface area contributed by atoms with Crippen LogP contribution in [-0.2, 0) is 0 Å². The summed E-state index contributed by atoms with van der Waals surface area (Å²) in [5, 5.41) is 0.813. The summed E-state index contributed by atoms with van der Waals surface area (Å²) in [6.45, 7) is 5.52. The van der Waals surface area contributed by atoms with Crippen molar-refractivity contribution < 1.29 is 0 Å². The third kappa shape index (κ3) is 3.02. The van der Waals surface area contributed by atoms with Crippen molar-refractivity contribution in [3.63, 3.8) is 0 Å². The second-order valence-electron chi connectivity index (χ2n) is 6.06. The zero-order chi connectivity index (χ0) is 12.5. The molecule has 1 aliphatic carbocycles. The van der Waals surface area contributed by atoms with Crippen LogP contribution < -0.4 is 5.73 Å². The van der Waals surface area contributed by atoms with Gasteiger partial charge in [0.2, 0.25) is 0 Å². The average molecular weight is 252 g/mol. The SMILES string of the molecule is CC1(C)CCC(CN)C(c2ccc(Cl)cc2)C1. The van der Waals surface area contributed by atoms with E-state index in [0.717, 1.165) is 11.6 Å². The lowest BCUT2D eigenvalue weighted by molar-refractivity contribution is 0.165. The molecule has 1 saturated carbocycles. The van der Waals surface area contributed by atoms with E-state index in [-0.39, 0.29) is 0 Å². The largest absolute Gasteiger partial charge is 0.330 e. The highest BCUT2D eigenvalue weighted by atomic mass is 35.5. The molecule has 0 amide bonds. The molecule has 0 spiro atoms. The monoisotopic (exact) mass is 251 g/mol. The van der Waals surface area contributed by atoms with Gasteiger partial charge in [0.15, 0.2) is 0 Å². The summed E-state index contributed by atoms with van der Waals surface area (Å²) in [6, 6.07) is 8.31. The van der Waals surface area contributed by atoms with Crippen molar-refractivity contribution in [3.05, 3.63) is 34.9 Å². The van der Waals surface area contributed by atoms with E-state index in [1.54, 1.807) is 0 Å². The van der Waals surface area contributed by atoms with Gasteiger partial charge in [-0.2, -0.15) is 0 Å². The summed E-state index contributed by atoms with van der Waals surface area (Å²) in [7, 11) is 0. The van der Waals surface area contributed by atoms with Crippen molar-refractivity contribution in [1.82, 2.24) is 0 Å². The topological polar surface area (TPSA) is 26.0 Å². The van der Waals surface area contributed by atoms with Crippen molar-refractivity contribution in [3.8, 4) is 0 Å². The molecule has 17 heavy (non-hydrogen) atoms. The van der Waals surface area contributed by atoms with Crippen LogP contribution in [0.2, 0.25) is 5.02 Å². The molecule has 0 heterocycles. The Hall–Kier alpha value is -0.530. The van der Waals surface area contributed by atoms with E-state index in [2.05, 4.69) is 26.0 Å². The lowest BCUT2D eigenvalue weighted by atomic mass is 9.65. The Labute approximate surface area is 109 Å². The minimum absolute atomic E-state index is 0.440. The van der Waals surface area contributed by atoms with Crippen LogP contribution in [0.25, 0.3) is 0 Å². The second kappa shape index (κ2) is 4.99. The molecule has 0 bridgehead atoms. The van der Waals surface area contributed by atoms with Gasteiger partial charge in [-0.15, -0.1) is 0 Å². The zero-order valence-electron chi connectivity index (χ0n) is 10.7. The summed E-state index contributed by atoms with van der Waals surface area (Å²) in [4.78, 5) is 0. The van der Waals surface area contributed by atoms with E-state index >= 15 is 0 Å². The molecular formula is C15H22ClN. The molecule has 0 radical (unpaired) electrons. The predicted molar refractivity (Wildman–Crippen MR) is 74.4 cm³/mol. The highest BCUT2D eigenvalue weighted by molar-refractivity contribution is 6.30. The van der Waals surface area contributed by atoms with Crippen molar-refractivity contribution in [2.45, 2.75) is 39.0 Å². The van der Waals surface area contributed by atoms with Crippen molar-refractivity contribution in [2.24, 2.45) is 17.1 Å². The quantitative estimate of drug-likeness (QED) is 0.837. The molecule has 2 heteroatoms. The minimum atomic E-state index is 0.440. The van der Waals surface area contributed by atoms with Crippen LogP contribution in [0.5, 0.6) is 0 Å². The van der Waals surface area contributed by atoms with Gasteiger partial charge in [0.05, 0.1) is 0 Å². The molecule has 2 atom stereocenters. The lowest BCUT2D eigenvalue weighted by Gasteiger charge is -2.40. The van der Waals surface area contributed by atoms with Crippen LogP contribution in [-0.4, -0.2) is 6.54 Å². The molecule has 1 nitrogen and oxygen atoms in total. The molecule has 1 aromatic rings. The fourth-order valence-corrected chi connectivity index (χ4v) is 3.15. The van der Waals surface area contributed by atoms with Crippen molar-refractivity contribution >= 4 is 11.6 Å². The predicted octanol–water partition coefficient (Wildman–Crippen LogP) is 4.21. The van der Waals surface area contributed by atoms with Crippen LogP contribution in [0.4, 0.5) is 0 Å². The summed E-state index contributed by atoms with van der Waals surface area (Å²) < 4.78 is 0. The molecule has 0 aromatic heterocycles. The summed E-state index contributed by atoms with van der Waals surface area (Å²) in [5.41, 5.74) is 7.76. The number of benzene rings is 1. The Morgan fingerprint density at radius 3 is 2.53 bits per heavy atom. The van der Waals surface area contributed by atoms with Gasteiger partial charge >= 0.3 is 0 Å². The Morgan fingerprint density at radius 1 is 1.29 bits per heavy atom. The summed E-state index contributed by atoms with van der Waals surface area (Å²) in [6.07, 6.45) is 3.77. The smallest absolute Gasteiger partial charge is 0.0406 e. The Balaban J connectivity index is 2.23. The van der Waals surface area contributed by atoms with E-state index in [1.807, 2.05) is 12.1 Å². The maximum absolute atomic E-state index is 5.95. The van der Waals surface area contributed by atoms with Crippen LogP contribution in [0.3, 0.4) is 0 Å². The first-order valence-corrected chi connectivity index (χ1v) is 6.85. The highest BCUT2D eigenvalue weighted by Crippen LogP contribution is 2.46. The number of rotatable bonds is 2. The fourth-order valence-electron chi connectivity index (χ4n) is 3.02. The summed E-state index contributed by atoms with van der Waals surface area (Å²) in [5.74, 6) is 1.23. The third-order valence-electron chi connectivity index (χ3n) is 4.13. The average Bonchev–Trinajstić information content (AvgIpc) is 2.29. The van der Waals surface area contributed by atoms with Crippen LogP contribution in [0.15, 0.2) is 24.3 Å². The molecule has 2 unspecified atom stereocenters. The zero-order valence-corrected chi connectivity index (χ0v) is 11.5. The molecule has 1 aromatic carbocycles. The van der Waals surface area contributed by atoms with Gasteiger partial charge in [0.1, 0.15) is 0 Å². The normalized spacial score (nSPS) is 28.0. The Bertz CT molecular complexity index is 369. The van der Waals surface area contributed by atoms with Gasteiger partial charge in [-0.05, 0) is 60.8 Å². The van der Waals surface area contributed by atoms with Gasteiger partial charge in [0, 0.05) is 5.02 Å². The van der Waals surface area contributed by atoms with E-state index < -0.39 is 0 Å². The first-order chi connectivity index (χ1) is 8.02. The minimum Gasteiger partial charge on any atom is -0.330 e. The maximum Gasteiger partial charge on any atom is 0.0406 e. The molecular weight excluding hydrogens is 230 g/mol. The van der Waals surface area contributed by atoms with Gasteiger partial charge in [-0.3, -0.25) is 0 Å². The molecule has 2 N–H and O–H groups in total. The van der Waals surface area contributed by atoms with Crippen molar-refractivity contribution in [1.29, 1.82) is 0 Å². The molecule has 1 aliphatic rings. The van der Waals surface area contributed by atoms with Gasteiger partial charge in [-0.1, -0.05) is 37.6 Å². The fraction of sp³-hybridized carbons (Fsp3) is 0.600. The standard InChI is InChI=1S/C15H22ClN/c1-15(2)8-7-12(10-17)14(9-15)11-3-5-13(16)6-4-11/h3-6,12,14H,7-10,17H2,1-2H3. The molecule has 0 saturated heterocycles. The van der Waals surface area contributed by atoms with Crippen LogP contribution in [0, 0.1) is 11.3 Å². The second-order valence-corrected chi connectivity index (χ2v) is 6.50. The molecule has 0 aliphatic heterocycles. The van der Waals surface area contributed by atoms with Gasteiger partial charge in [-0.25, -0.2) is 0 Å². The van der Waals surface area contributed by atoms with Crippen LogP contribution >= 0.6 is 11.6 Å². The van der Waals surface area contributed by atoms with E-state index in [4.69, 9.17) is 17.3 Å². The molecule has 94 valence electrons. The van der Waals surface area contributed by atoms with Gasteiger partial charge in [0.25, 0.3) is 0 Å². The number of nitrogens with two attached hydrogens (primary N) is 1. The third-order valence-corrected chi connectivity index (χ3v) is 4.39. The Kier molecular flexibility index (Phi) is 3.79. The first kappa shape index (κ1) is 12.9. The van der Waals surface area contributed by atoms with E-state index in [1.165, 1.54) is 24.8 Å². The highest BCUT2D eigenvalue weighted by Gasteiger charge is 2.34. The van der Waals surface area contributed by atoms with Crippen LogP contribution in [0.1, 0.15) is 44.6 Å². The summed E-state index contributed by atoms with van der Waals surface area (Å²) >= 11 is 5.95. The number of hydrogen-bond donors (Lipinski definition) is 1. The molecule has 1 fully saturated rings. The molecule has 2 rings (SSSR count). The number of halogens is 1. The lowest BCUT2D eigenvalue weighted by Crippen LogP contribution is -2.32. The number of hydrogen-bond acceptors (Lipinski definition) is 1. The van der Waals surface area contributed by atoms with E-state index in [0.29, 0.717) is 17.3 Å².